The van der Waals surface area contributed by atoms with E-state index >= 15 is 0 Å². The number of aromatic nitrogens is 2. The maximum Gasteiger partial charge on any atom is 0.255 e. The van der Waals surface area contributed by atoms with E-state index in [0.29, 0.717) is 11.0 Å². The van der Waals surface area contributed by atoms with E-state index in [1.807, 2.05) is 0 Å². The van der Waals surface area contributed by atoms with Crippen LogP contribution in [0, 0.1) is 0 Å². The average Bonchev–Trinajstić information content (AvgIpc) is 2.37. The Bertz CT molecular complexity index is 564. The minimum Gasteiger partial charge on any atom is -0.395 e. The number of nitrogens with zero attached hydrogens (tertiary/aromatic N) is 3. The smallest absolute Gasteiger partial charge is 0.255 e. The van der Waals surface area contributed by atoms with Gasteiger partial charge in [0.05, 0.1) is 24.2 Å². The van der Waals surface area contributed by atoms with Gasteiger partial charge in [-0.15, -0.1) is 0 Å². The van der Waals surface area contributed by atoms with E-state index in [2.05, 4.69) is 9.97 Å². The molecule has 0 spiro atoms. The molecule has 0 radical (unpaired) electrons. The number of nitrogen functional groups attached to an aromatic ring is 1. The summed E-state index contributed by atoms with van der Waals surface area (Å²) in [5.74, 6) is 0.251. The van der Waals surface area contributed by atoms with Crippen molar-refractivity contribution in [2.45, 2.75) is 6.43 Å². The van der Waals surface area contributed by atoms with Crippen LogP contribution in [0.1, 0.15) is 0 Å². The third kappa shape index (κ3) is 3.05. The van der Waals surface area contributed by atoms with Gasteiger partial charge in [-0.05, 0) is 12.1 Å². The van der Waals surface area contributed by atoms with Crippen molar-refractivity contribution < 1.29 is 13.9 Å². The van der Waals surface area contributed by atoms with E-state index in [1.165, 1.54) is 4.90 Å². The van der Waals surface area contributed by atoms with Crippen molar-refractivity contribution in [3.8, 4) is 0 Å². The molecule has 19 heavy (non-hydrogen) atoms. The standard InChI is InChI=1S/C12H14F2N4O/c13-10(14)7-18(5-6-19)12-11(15)16-8-3-1-2-4-9(8)17-12/h1-4,10,19H,5-7H2,(H2,15,16). The maximum absolute atomic E-state index is 12.5. The zero-order chi connectivity index (χ0) is 13.8. The molecule has 3 N–H and O–H groups in total. The summed E-state index contributed by atoms with van der Waals surface area (Å²) >= 11 is 0. The summed E-state index contributed by atoms with van der Waals surface area (Å²) in [6, 6.07) is 7.04. The summed E-state index contributed by atoms with van der Waals surface area (Å²) in [7, 11) is 0. The molecule has 0 aliphatic rings. The number of fused-ring (bicyclic) bond motifs is 1. The second kappa shape index (κ2) is 5.75. The van der Waals surface area contributed by atoms with Gasteiger partial charge in [-0.1, -0.05) is 12.1 Å². The summed E-state index contributed by atoms with van der Waals surface area (Å²) in [5, 5.41) is 8.94. The third-order valence-electron chi connectivity index (χ3n) is 2.61. The second-order valence-electron chi connectivity index (χ2n) is 3.98. The Labute approximate surface area is 108 Å². The van der Waals surface area contributed by atoms with Crippen molar-refractivity contribution in [1.82, 2.24) is 9.97 Å². The Morgan fingerprint density at radius 2 is 1.84 bits per heavy atom. The molecule has 1 aromatic carbocycles. The first-order valence-electron chi connectivity index (χ1n) is 5.78. The molecule has 0 aliphatic carbocycles. The molecular weight excluding hydrogens is 254 g/mol. The second-order valence-corrected chi connectivity index (χ2v) is 3.98. The molecule has 7 heteroatoms. The summed E-state index contributed by atoms with van der Waals surface area (Å²) in [6.07, 6.45) is -2.54. The number of hydrogen-bond acceptors (Lipinski definition) is 5. The molecule has 2 aromatic rings. The number of halogens is 2. The lowest BCUT2D eigenvalue weighted by molar-refractivity contribution is 0.152. The first kappa shape index (κ1) is 13.4. The number of aliphatic hydroxyl groups is 1. The normalized spacial score (nSPS) is 11.2. The highest BCUT2D eigenvalue weighted by Crippen LogP contribution is 2.22. The predicted molar refractivity (Wildman–Crippen MR) is 69.3 cm³/mol. The Kier molecular flexibility index (Phi) is 4.06. The zero-order valence-electron chi connectivity index (χ0n) is 10.1. The first-order chi connectivity index (χ1) is 9.11. The molecule has 5 nitrogen and oxygen atoms in total. The number of nitrogens with two attached hydrogens (primary N) is 1. The van der Waals surface area contributed by atoms with Gasteiger partial charge in [-0.2, -0.15) is 0 Å². The lowest BCUT2D eigenvalue weighted by Crippen LogP contribution is -2.33. The van der Waals surface area contributed by atoms with Crippen molar-refractivity contribution in [3.05, 3.63) is 24.3 Å². The first-order valence-corrected chi connectivity index (χ1v) is 5.78. The van der Waals surface area contributed by atoms with Crippen molar-refractivity contribution in [2.75, 3.05) is 30.3 Å². The van der Waals surface area contributed by atoms with Crippen LogP contribution in [0.3, 0.4) is 0 Å². The fraction of sp³-hybridized carbons (Fsp3) is 0.333. The Morgan fingerprint density at radius 3 is 2.42 bits per heavy atom. The number of hydrogen-bond donors (Lipinski definition) is 2. The van der Waals surface area contributed by atoms with Gasteiger partial charge in [0.2, 0.25) is 0 Å². The number of para-hydroxylation sites is 2. The maximum atomic E-state index is 12.5. The molecular formula is C12H14F2N4O. The molecule has 0 fully saturated rings. The lowest BCUT2D eigenvalue weighted by atomic mass is 10.3. The van der Waals surface area contributed by atoms with Gasteiger partial charge in [-0.3, -0.25) is 0 Å². The summed E-state index contributed by atoms with van der Waals surface area (Å²) in [6.45, 7) is -0.778. The molecule has 0 bridgehead atoms. The Morgan fingerprint density at radius 1 is 1.21 bits per heavy atom. The molecule has 0 amide bonds. The minimum atomic E-state index is -2.54. The summed E-state index contributed by atoms with van der Waals surface area (Å²) < 4.78 is 25.1. The van der Waals surface area contributed by atoms with Gasteiger partial charge >= 0.3 is 0 Å². The number of benzene rings is 1. The van der Waals surface area contributed by atoms with Crippen LogP contribution in [0.25, 0.3) is 11.0 Å². The lowest BCUT2D eigenvalue weighted by Gasteiger charge is -2.23. The molecule has 1 heterocycles. The number of anilines is 2. The number of rotatable bonds is 5. The van der Waals surface area contributed by atoms with Crippen LogP contribution >= 0.6 is 0 Å². The van der Waals surface area contributed by atoms with E-state index in [-0.39, 0.29) is 24.8 Å². The Hall–Kier alpha value is -2.02. The quantitative estimate of drug-likeness (QED) is 0.854. The molecule has 0 unspecified atom stereocenters. The van der Waals surface area contributed by atoms with Gasteiger partial charge in [0.15, 0.2) is 11.6 Å². The summed E-state index contributed by atoms with van der Waals surface area (Å²) in [4.78, 5) is 9.61. The molecule has 0 saturated heterocycles. The monoisotopic (exact) mass is 268 g/mol. The van der Waals surface area contributed by atoms with E-state index in [0.717, 1.165) is 0 Å². The largest absolute Gasteiger partial charge is 0.395 e. The predicted octanol–water partition coefficient (Wildman–Crippen LogP) is 1.28. The van der Waals surface area contributed by atoms with Crippen molar-refractivity contribution in [3.63, 3.8) is 0 Å². The SMILES string of the molecule is Nc1nc2ccccc2nc1N(CCO)CC(F)F. The van der Waals surface area contributed by atoms with Crippen molar-refractivity contribution in [1.29, 1.82) is 0 Å². The topological polar surface area (TPSA) is 75.3 Å². The van der Waals surface area contributed by atoms with Crippen LogP contribution in [0.5, 0.6) is 0 Å². The zero-order valence-corrected chi connectivity index (χ0v) is 10.1. The number of aliphatic hydroxyl groups excluding tert-OH is 1. The third-order valence-corrected chi connectivity index (χ3v) is 2.61. The van der Waals surface area contributed by atoms with Crippen molar-refractivity contribution in [2.24, 2.45) is 0 Å². The van der Waals surface area contributed by atoms with Gasteiger partial charge < -0.3 is 15.7 Å². The highest BCUT2D eigenvalue weighted by molar-refractivity contribution is 5.79. The molecule has 1 aromatic heterocycles. The molecule has 0 atom stereocenters. The molecule has 0 aliphatic heterocycles. The Balaban J connectivity index is 2.43. The van der Waals surface area contributed by atoms with Crippen LogP contribution in [0.4, 0.5) is 20.4 Å². The molecule has 0 saturated carbocycles. The van der Waals surface area contributed by atoms with Gasteiger partial charge in [-0.25, -0.2) is 18.7 Å². The van der Waals surface area contributed by atoms with E-state index in [1.54, 1.807) is 24.3 Å². The van der Waals surface area contributed by atoms with E-state index < -0.39 is 13.0 Å². The van der Waals surface area contributed by atoms with E-state index in [4.69, 9.17) is 10.8 Å². The van der Waals surface area contributed by atoms with E-state index in [9.17, 15) is 8.78 Å². The molecule has 2 rings (SSSR count). The van der Waals surface area contributed by atoms with Gasteiger partial charge in [0.1, 0.15) is 0 Å². The number of alkyl halides is 2. The minimum absolute atomic E-state index is 0.0293. The van der Waals surface area contributed by atoms with Crippen LogP contribution < -0.4 is 10.6 Å². The van der Waals surface area contributed by atoms with Crippen LogP contribution in [0.15, 0.2) is 24.3 Å². The molecule has 102 valence electrons. The highest BCUT2D eigenvalue weighted by Gasteiger charge is 2.17. The fourth-order valence-electron chi connectivity index (χ4n) is 1.81. The van der Waals surface area contributed by atoms with Crippen LogP contribution in [-0.4, -0.2) is 41.2 Å². The fourth-order valence-corrected chi connectivity index (χ4v) is 1.81. The van der Waals surface area contributed by atoms with Gasteiger partial charge in [0, 0.05) is 6.54 Å². The van der Waals surface area contributed by atoms with Crippen LogP contribution in [0.2, 0.25) is 0 Å². The van der Waals surface area contributed by atoms with Crippen LogP contribution in [-0.2, 0) is 0 Å². The van der Waals surface area contributed by atoms with Crippen molar-refractivity contribution >= 4 is 22.7 Å². The van der Waals surface area contributed by atoms with Gasteiger partial charge in [0.25, 0.3) is 6.43 Å². The highest BCUT2D eigenvalue weighted by atomic mass is 19.3. The average molecular weight is 268 g/mol. The summed E-state index contributed by atoms with van der Waals surface area (Å²) in [5.41, 5.74) is 6.93.